The topological polar surface area (TPSA) is 61.4 Å². The largest absolute Gasteiger partial charge is 0.394 e. The first-order valence-electron chi connectivity index (χ1n) is 7.31. The Kier molecular flexibility index (Phi) is 4.28. The van der Waals surface area contributed by atoms with Crippen molar-refractivity contribution in [3.63, 3.8) is 0 Å². The predicted octanol–water partition coefficient (Wildman–Crippen LogP) is 1.19. The molecule has 1 saturated carbocycles. The van der Waals surface area contributed by atoms with E-state index in [9.17, 15) is 9.90 Å². The van der Waals surface area contributed by atoms with Crippen molar-refractivity contribution in [3.05, 3.63) is 0 Å². The summed E-state index contributed by atoms with van der Waals surface area (Å²) in [6.45, 7) is 4.08. The maximum atomic E-state index is 12.6. The van der Waals surface area contributed by atoms with Gasteiger partial charge in [0.05, 0.1) is 17.6 Å². The number of aliphatic hydroxyl groups excluding tert-OH is 1. The van der Waals surface area contributed by atoms with E-state index in [1.54, 1.807) is 0 Å². The molecule has 1 aliphatic carbocycles. The van der Waals surface area contributed by atoms with Crippen LogP contribution in [0.5, 0.6) is 0 Å². The van der Waals surface area contributed by atoms with Crippen LogP contribution in [-0.4, -0.2) is 36.2 Å². The average molecular weight is 254 g/mol. The maximum absolute atomic E-state index is 12.6. The fourth-order valence-corrected chi connectivity index (χ4v) is 3.27. The van der Waals surface area contributed by atoms with Crippen LogP contribution in [0.25, 0.3) is 0 Å². The SMILES string of the molecule is CCCC1(C(=O)NC2(CO)CCC2)CCNCC1. The number of carbonyl (C=O) groups is 1. The van der Waals surface area contributed by atoms with Crippen molar-refractivity contribution in [2.45, 2.75) is 57.4 Å². The second-order valence-corrected chi connectivity index (χ2v) is 6.03. The lowest BCUT2D eigenvalue weighted by Crippen LogP contribution is -2.60. The molecule has 0 radical (unpaired) electrons. The zero-order valence-corrected chi connectivity index (χ0v) is 11.4. The molecule has 3 N–H and O–H groups in total. The minimum atomic E-state index is -0.303. The van der Waals surface area contributed by atoms with E-state index in [-0.39, 0.29) is 23.5 Å². The highest BCUT2D eigenvalue weighted by Crippen LogP contribution is 2.37. The Labute approximate surface area is 110 Å². The minimum absolute atomic E-state index is 0.0825. The highest BCUT2D eigenvalue weighted by molar-refractivity contribution is 5.83. The summed E-state index contributed by atoms with van der Waals surface area (Å²) in [6.07, 6.45) is 6.82. The van der Waals surface area contributed by atoms with Crippen molar-refractivity contribution in [2.24, 2.45) is 5.41 Å². The lowest BCUT2D eigenvalue weighted by atomic mass is 9.72. The van der Waals surface area contributed by atoms with Gasteiger partial charge in [0.2, 0.25) is 5.91 Å². The second-order valence-electron chi connectivity index (χ2n) is 6.03. The number of hydrogen-bond donors (Lipinski definition) is 3. The van der Waals surface area contributed by atoms with Crippen molar-refractivity contribution in [1.82, 2.24) is 10.6 Å². The summed E-state index contributed by atoms with van der Waals surface area (Å²) >= 11 is 0. The molecule has 0 spiro atoms. The van der Waals surface area contributed by atoms with Crippen LogP contribution < -0.4 is 10.6 Å². The molecule has 2 aliphatic rings. The summed E-state index contributed by atoms with van der Waals surface area (Å²) in [7, 11) is 0. The smallest absolute Gasteiger partial charge is 0.226 e. The first-order valence-corrected chi connectivity index (χ1v) is 7.31. The molecule has 0 aromatic heterocycles. The van der Waals surface area contributed by atoms with E-state index in [0.29, 0.717) is 0 Å². The Balaban J connectivity index is 2.03. The number of hydrogen-bond acceptors (Lipinski definition) is 3. The third-order valence-corrected chi connectivity index (χ3v) is 4.76. The molecule has 1 aliphatic heterocycles. The molecule has 0 atom stereocenters. The number of carbonyl (C=O) groups excluding carboxylic acids is 1. The summed E-state index contributed by atoms with van der Waals surface area (Å²) in [5.41, 5.74) is -0.500. The molecule has 18 heavy (non-hydrogen) atoms. The molecule has 0 bridgehead atoms. The van der Waals surface area contributed by atoms with Gasteiger partial charge in [0.25, 0.3) is 0 Å². The molecule has 1 heterocycles. The monoisotopic (exact) mass is 254 g/mol. The van der Waals surface area contributed by atoms with Crippen LogP contribution in [0.2, 0.25) is 0 Å². The normalized spacial score (nSPS) is 25.2. The Bertz CT molecular complexity index is 283. The maximum Gasteiger partial charge on any atom is 0.226 e. The van der Waals surface area contributed by atoms with Crippen LogP contribution in [0.1, 0.15) is 51.9 Å². The molecule has 0 unspecified atom stereocenters. The third kappa shape index (κ3) is 2.54. The van der Waals surface area contributed by atoms with Crippen LogP contribution in [0.4, 0.5) is 0 Å². The Morgan fingerprint density at radius 3 is 2.39 bits per heavy atom. The van der Waals surface area contributed by atoms with Gasteiger partial charge in [-0.1, -0.05) is 13.3 Å². The molecule has 4 nitrogen and oxygen atoms in total. The summed E-state index contributed by atoms with van der Waals surface area (Å²) in [5, 5.41) is 16.0. The van der Waals surface area contributed by atoms with E-state index in [2.05, 4.69) is 17.6 Å². The number of piperidine rings is 1. The van der Waals surface area contributed by atoms with Crippen LogP contribution in [0.3, 0.4) is 0 Å². The van der Waals surface area contributed by atoms with Crippen molar-refractivity contribution in [3.8, 4) is 0 Å². The molecule has 4 heteroatoms. The van der Waals surface area contributed by atoms with Gasteiger partial charge < -0.3 is 15.7 Å². The van der Waals surface area contributed by atoms with Gasteiger partial charge in [-0.15, -0.1) is 0 Å². The molecule has 0 aromatic carbocycles. The zero-order valence-electron chi connectivity index (χ0n) is 11.4. The third-order valence-electron chi connectivity index (χ3n) is 4.76. The fourth-order valence-electron chi connectivity index (χ4n) is 3.27. The summed E-state index contributed by atoms with van der Waals surface area (Å²) in [4.78, 5) is 12.6. The van der Waals surface area contributed by atoms with E-state index in [1.807, 2.05) is 0 Å². The number of aliphatic hydroxyl groups is 1. The van der Waals surface area contributed by atoms with E-state index >= 15 is 0 Å². The molecular formula is C14H26N2O2. The van der Waals surface area contributed by atoms with E-state index < -0.39 is 0 Å². The van der Waals surface area contributed by atoms with Gasteiger partial charge in [-0.25, -0.2) is 0 Å². The molecule has 2 fully saturated rings. The Morgan fingerprint density at radius 1 is 1.28 bits per heavy atom. The van der Waals surface area contributed by atoms with Crippen molar-refractivity contribution < 1.29 is 9.90 Å². The summed E-state index contributed by atoms with van der Waals surface area (Å²) in [5.74, 6) is 0.180. The van der Waals surface area contributed by atoms with E-state index in [0.717, 1.165) is 58.0 Å². The Hall–Kier alpha value is -0.610. The summed E-state index contributed by atoms with van der Waals surface area (Å²) in [6, 6.07) is 0. The van der Waals surface area contributed by atoms with E-state index in [4.69, 9.17) is 0 Å². The number of rotatable bonds is 5. The van der Waals surface area contributed by atoms with Gasteiger partial charge >= 0.3 is 0 Å². The summed E-state index contributed by atoms with van der Waals surface area (Å²) < 4.78 is 0. The zero-order chi connectivity index (χ0) is 13.1. The highest BCUT2D eigenvalue weighted by atomic mass is 16.3. The molecule has 0 aromatic rings. The van der Waals surface area contributed by atoms with Crippen LogP contribution in [0.15, 0.2) is 0 Å². The van der Waals surface area contributed by atoms with Crippen molar-refractivity contribution in [2.75, 3.05) is 19.7 Å². The minimum Gasteiger partial charge on any atom is -0.394 e. The fraction of sp³-hybridized carbons (Fsp3) is 0.929. The predicted molar refractivity (Wildman–Crippen MR) is 71.3 cm³/mol. The Morgan fingerprint density at radius 2 is 1.94 bits per heavy atom. The van der Waals surface area contributed by atoms with Gasteiger partial charge in [0.15, 0.2) is 0 Å². The van der Waals surface area contributed by atoms with Gasteiger partial charge in [-0.2, -0.15) is 0 Å². The van der Waals surface area contributed by atoms with Crippen molar-refractivity contribution in [1.29, 1.82) is 0 Å². The first-order chi connectivity index (χ1) is 8.66. The highest BCUT2D eigenvalue weighted by Gasteiger charge is 2.44. The number of nitrogens with one attached hydrogen (secondary N) is 2. The first kappa shape index (κ1) is 13.8. The van der Waals surface area contributed by atoms with Crippen LogP contribution >= 0.6 is 0 Å². The van der Waals surface area contributed by atoms with Gasteiger partial charge in [-0.05, 0) is 51.6 Å². The number of amides is 1. The lowest BCUT2D eigenvalue weighted by molar-refractivity contribution is -0.137. The van der Waals surface area contributed by atoms with Crippen LogP contribution in [0, 0.1) is 5.41 Å². The molecular weight excluding hydrogens is 228 g/mol. The van der Waals surface area contributed by atoms with Crippen LogP contribution in [-0.2, 0) is 4.79 Å². The quantitative estimate of drug-likeness (QED) is 0.690. The average Bonchev–Trinajstić information content (AvgIpc) is 2.35. The standard InChI is InChI=1S/C14H26N2O2/c1-2-4-13(7-9-15-10-8-13)12(18)16-14(11-17)5-3-6-14/h15,17H,2-11H2,1H3,(H,16,18). The van der Waals surface area contributed by atoms with Gasteiger partial charge in [0.1, 0.15) is 0 Å². The molecule has 2 rings (SSSR count). The molecule has 104 valence electrons. The van der Waals surface area contributed by atoms with Gasteiger partial charge in [0, 0.05) is 0 Å². The molecule has 1 saturated heterocycles. The molecule has 1 amide bonds. The second kappa shape index (κ2) is 5.57. The lowest BCUT2D eigenvalue weighted by Gasteiger charge is -2.45. The van der Waals surface area contributed by atoms with Gasteiger partial charge in [-0.3, -0.25) is 4.79 Å². The van der Waals surface area contributed by atoms with E-state index in [1.165, 1.54) is 0 Å². The van der Waals surface area contributed by atoms with Crippen molar-refractivity contribution >= 4 is 5.91 Å².